The highest BCUT2D eigenvalue weighted by Gasteiger charge is 2.26. The van der Waals surface area contributed by atoms with Crippen LogP contribution in [0.25, 0.3) is 28.2 Å². The van der Waals surface area contributed by atoms with Crippen molar-refractivity contribution in [3.05, 3.63) is 58.9 Å². The minimum absolute atomic E-state index is 0.0252. The number of pyridine rings is 2. The number of ether oxygens (including phenoxy) is 1. The second-order valence-electron chi connectivity index (χ2n) is 7.70. The number of rotatable bonds is 4. The van der Waals surface area contributed by atoms with Crippen molar-refractivity contribution < 1.29 is 9.53 Å². The molecule has 1 aromatic carbocycles. The molecule has 5 rings (SSSR count). The number of nitrogens with two attached hydrogens (primary N) is 1. The topological polar surface area (TPSA) is 108 Å². The van der Waals surface area contributed by atoms with Crippen molar-refractivity contribution in [1.29, 1.82) is 0 Å². The zero-order valence-electron chi connectivity index (χ0n) is 17.6. The third kappa shape index (κ3) is 3.33. The Morgan fingerprint density at radius 1 is 1.28 bits per heavy atom. The van der Waals surface area contributed by atoms with Crippen LogP contribution < -0.4 is 15.8 Å². The van der Waals surface area contributed by atoms with E-state index in [4.69, 9.17) is 27.1 Å². The number of nitrogens with one attached hydrogen (secondary N) is 1. The fraction of sp³-hybridized carbons (Fsp3) is 0.217. The monoisotopic (exact) mass is 448 g/mol. The summed E-state index contributed by atoms with van der Waals surface area (Å²) in [5.74, 6) is 1.44. The molecule has 0 saturated heterocycles. The molecule has 0 aliphatic heterocycles. The smallest absolute Gasteiger partial charge is 0.217 e. The van der Waals surface area contributed by atoms with E-state index in [-0.39, 0.29) is 11.9 Å². The van der Waals surface area contributed by atoms with Crippen molar-refractivity contribution in [3.63, 3.8) is 0 Å². The number of amides is 1. The molecular weight excluding hydrogens is 428 g/mol. The first kappa shape index (κ1) is 20.3. The van der Waals surface area contributed by atoms with Gasteiger partial charge in [-0.3, -0.25) is 9.36 Å². The summed E-state index contributed by atoms with van der Waals surface area (Å²) in [4.78, 5) is 25.2. The van der Waals surface area contributed by atoms with Gasteiger partial charge in [-0.1, -0.05) is 17.7 Å². The Hall–Kier alpha value is -3.65. The summed E-state index contributed by atoms with van der Waals surface area (Å²) in [5.41, 5.74) is 11.2. The van der Waals surface area contributed by atoms with Crippen LogP contribution in [0.1, 0.15) is 30.5 Å². The number of anilines is 1. The van der Waals surface area contributed by atoms with Crippen molar-refractivity contribution in [3.8, 4) is 22.8 Å². The molecule has 0 spiro atoms. The van der Waals surface area contributed by atoms with Gasteiger partial charge in [0.25, 0.3) is 0 Å². The molecule has 0 fully saturated rings. The van der Waals surface area contributed by atoms with Gasteiger partial charge in [-0.2, -0.15) is 0 Å². The Morgan fingerprint density at radius 2 is 2.12 bits per heavy atom. The zero-order chi connectivity index (χ0) is 22.4. The first-order chi connectivity index (χ1) is 15.5. The van der Waals surface area contributed by atoms with Crippen LogP contribution in [0.15, 0.2) is 42.6 Å². The third-order valence-electron chi connectivity index (χ3n) is 5.69. The van der Waals surface area contributed by atoms with Gasteiger partial charge in [0, 0.05) is 24.9 Å². The number of carbonyl (C=O) groups excluding carboxylic acids is 1. The van der Waals surface area contributed by atoms with Gasteiger partial charge in [-0.25, -0.2) is 15.0 Å². The minimum atomic E-state index is -0.0344. The van der Waals surface area contributed by atoms with E-state index in [2.05, 4.69) is 21.4 Å². The van der Waals surface area contributed by atoms with Gasteiger partial charge in [0.2, 0.25) is 5.91 Å². The van der Waals surface area contributed by atoms with Crippen molar-refractivity contribution in [2.24, 2.45) is 0 Å². The number of nitrogen functional groups attached to an aromatic ring is 1. The Morgan fingerprint density at radius 3 is 2.88 bits per heavy atom. The molecule has 162 valence electrons. The molecule has 32 heavy (non-hydrogen) atoms. The van der Waals surface area contributed by atoms with Gasteiger partial charge in [0.15, 0.2) is 22.7 Å². The van der Waals surface area contributed by atoms with Gasteiger partial charge < -0.3 is 15.8 Å². The number of hydrogen-bond donors (Lipinski definition) is 2. The van der Waals surface area contributed by atoms with Crippen molar-refractivity contribution in [2.45, 2.75) is 25.8 Å². The van der Waals surface area contributed by atoms with E-state index in [0.717, 1.165) is 24.1 Å². The van der Waals surface area contributed by atoms with Crippen molar-refractivity contribution in [2.75, 3.05) is 12.8 Å². The van der Waals surface area contributed by atoms with Gasteiger partial charge in [-0.15, -0.1) is 0 Å². The van der Waals surface area contributed by atoms with Gasteiger partial charge in [0.05, 0.1) is 18.7 Å². The van der Waals surface area contributed by atoms with E-state index in [9.17, 15) is 4.79 Å². The average Bonchev–Trinajstić information content (AvgIpc) is 3.34. The van der Waals surface area contributed by atoms with Crippen molar-refractivity contribution in [1.82, 2.24) is 24.8 Å². The lowest BCUT2D eigenvalue weighted by Crippen LogP contribution is -2.24. The van der Waals surface area contributed by atoms with Gasteiger partial charge >= 0.3 is 0 Å². The van der Waals surface area contributed by atoms with Crippen LogP contribution in [0, 0.1) is 0 Å². The molecule has 3 aromatic heterocycles. The second kappa shape index (κ2) is 7.80. The number of imidazole rings is 1. The summed E-state index contributed by atoms with van der Waals surface area (Å²) in [5, 5.41) is 3.32. The summed E-state index contributed by atoms with van der Waals surface area (Å²) in [6.07, 6.45) is 3.37. The Labute approximate surface area is 189 Å². The Bertz CT molecular complexity index is 1370. The van der Waals surface area contributed by atoms with E-state index in [0.29, 0.717) is 39.3 Å². The third-order valence-corrected chi connectivity index (χ3v) is 5.88. The van der Waals surface area contributed by atoms with Crippen LogP contribution in [-0.2, 0) is 11.2 Å². The molecular formula is C23H21ClN6O2. The van der Waals surface area contributed by atoms with Gasteiger partial charge in [-0.05, 0) is 48.2 Å². The molecule has 0 radical (unpaired) electrons. The van der Waals surface area contributed by atoms with E-state index in [1.54, 1.807) is 19.4 Å². The quantitative estimate of drug-likeness (QED) is 0.459. The molecule has 1 aliphatic carbocycles. The number of nitrogens with zero attached hydrogens (tertiary/aromatic N) is 4. The Balaban J connectivity index is 1.75. The standard InChI is InChI=1S/C23H21ClN6O2/c1-12(31)27-17-8-5-13-10-14(6-7-15(13)17)30-22(16-4-3-9-26-21(16)25)29-20-18(32-2)11-19(24)28-23(20)30/h3-4,6-7,9-11,17H,5,8H2,1-2H3,(H2,25,26)(H,27,31). The van der Waals surface area contributed by atoms with E-state index >= 15 is 0 Å². The molecule has 9 heteroatoms. The fourth-order valence-corrected chi connectivity index (χ4v) is 4.50. The molecule has 0 saturated carbocycles. The zero-order valence-corrected chi connectivity index (χ0v) is 18.3. The van der Waals surface area contributed by atoms with Gasteiger partial charge in [0.1, 0.15) is 11.0 Å². The number of fused-ring (bicyclic) bond motifs is 2. The van der Waals surface area contributed by atoms with Crippen molar-refractivity contribution >= 4 is 34.5 Å². The van der Waals surface area contributed by atoms with E-state index in [1.807, 2.05) is 28.8 Å². The first-order valence-corrected chi connectivity index (χ1v) is 10.6. The lowest BCUT2D eigenvalue weighted by molar-refractivity contribution is -0.119. The number of halogens is 1. The first-order valence-electron chi connectivity index (χ1n) is 10.2. The molecule has 0 bridgehead atoms. The summed E-state index contributed by atoms with van der Waals surface area (Å²) in [6, 6.07) is 11.5. The highest BCUT2D eigenvalue weighted by atomic mass is 35.5. The summed E-state index contributed by atoms with van der Waals surface area (Å²) < 4.78 is 7.44. The van der Waals surface area contributed by atoms with E-state index in [1.165, 1.54) is 12.5 Å². The van der Waals surface area contributed by atoms with Crippen LogP contribution in [0.5, 0.6) is 5.75 Å². The predicted molar refractivity (Wildman–Crippen MR) is 123 cm³/mol. The molecule has 3 heterocycles. The number of benzene rings is 1. The normalized spacial score (nSPS) is 15.0. The van der Waals surface area contributed by atoms with Crippen LogP contribution in [0.2, 0.25) is 5.15 Å². The molecule has 1 amide bonds. The molecule has 1 aliphatic rings. The molecule has 3 N–H and O–H groups in total. The van der Waals surface area contributed by atoms with Crippen LogP contribution >= 0.6 is 11.6 Å². The van der Waals surface area contributed by atoms with Crippen LogP contribution in [0.3, 0.4) is 0 Å². The lowest BCUT2D eigenvalue weighted by atomic mass is 10.1. The predicted octanol–water partition coefficient (Wildman–Crippen LogP) is 3.85. The SMILES string of the molecule is COc1cc(Cl)nc2c1nc(-c1cccnc1N)n2-c1ccc2c(c1)CCC2NC(C)=O. The minimum Gasteiger partial charge on any atom is -0.494 e. The highest BCUT2D eigenvalue weighted by Crippen LogP contribution is 2.37. The highest BCUT2D eigenvalue weighted by molar-refractivity contribution is 6.30. The van der Waals surface area contributed by atoms with Crippen LogP contribution in [0.4, 0.5) is 5.82 Å². The maximum atomic E-state index is 11.6. The molecule has 1 atom stereocenters. The number of aromatic nitrogens is 4. The summed E-state index contributed by atoms with van der Waals surface area (Å²) >= 11 is 6.30. The second-order valence-corrected chi connectivity index (χ2v) is 8.09. The summed E-state index contributed by atoms with van der Waals surface area (Å²) in [7, 11) is 1.57. The van der Waals surface area contributed by atoms with E-state index < -0.39 is 0 Å². The number of methoxy groups -OCH3 is 1. The average molecular weight is 449 g/mol. The van der Waals surface area contributed by atoms with Crippen LogP contribution in [-0.4, -0.2) is 32.5 Å². The summed E-state index contributed by atoms with van der Waals surface area (Å²) in [6.45, 7) is 1.54. The maximum Gasteiger partial charge on any atom is 0.217 e. The number of hydrogen-bond acceptors (Lipinski definition) is 6. The fourth-order valence-electron chi connectivity index (χ4n) is 4.32. The number of carbonyl (C=O) groups is 1. The molecule has 4 aromatic rings. The largest absolute Gasteiger partial charge is 0.494 e. The lowest BCUT2D eigenvalue weighted by Gasteiger charge is -2.14. The molecule has 1 unspecified atom stereocenters. The Kier molecular flexibility index (Phi) is 4.94. The molecule has 8 nitrogen and oxygen atoms in total. The maximum absolute atomic E-state index is 11.6. The number of aryl methyl sites for hydroxylation is 1.